The Kier molecular flexibility index (Phi) is 4.09. The minimum atomic E-state index is 0.146. The minimum Gasteiger partial charge on any atom is -0.294 e. The third-order valence-electron chi connectivity index (χ3n) is 1.69. The van der Waals surface area contributed by atoms with Gasteiger partial charge < -0.3 is 0 Å². The van der Waals surface area contributed by atoms with Crippen LogP contribution in [-0.2, 0) is 4.79 Å². The van der Waals surface area contributed by atoms with Gasteiger partial charge in [0, 0.05) is 5.92 Å². The van der Waals surface area contributed by atoms with E-state index in [0.717, 1.165) is 6.42 Å². The summed E-state index contributed by atoms with van der Waals surface area (Å²) >= 11 is 0. The lowest BCUT2D eigenvalue weighted by Crippen LogP contribution is -2.13. The van der Waals surface area contributed by atoms with Crippen molar-refractivity contribution in [2.45, 2.75) is 34.1 Å². The van der Waals surface area contributed by atoms with Crippen LogP contribution in [0.1, 0.15) is 34.1 Å². The zero-order valence-corrected chi connectivity index (χ0v) is 7.98. The van der Waals surface area contributed by atoms with Crippen molar-refractivity contribution in [1.29, 1.82) is 0 Å². The molecule has 0 fully saturated rings. The molecule has 11 heavy (non-hydrogen) atoms. The number of rotatable bonds is 4. The summed E-state index contributed by atoms with van der Waals surface area (Å²) in [5.74, 6) is 0.944. The van der Waals surface area contributed by atoms with E-state index in [1.165, 1.54) is 0 Å². The van der Waals surface area contributed by atoms with Crippen LogP contribution in [0.4, 0.5) is 0 Å². The van der Waals surface area contributed by atoms with Crippen molar-refractivity contribution in [2.24, 2.45) is 11.8 Å². The van der Waals surface area contributed by atoms with E-state index in [4.69, 9.17) is 0 Å². The Morgan fingerprint density at radius 2 is 1.82 bits per heavy atom. The molecule has 0 amide bonds. The molecule has 1 heteroatoms. The zero-order valence-electron chi connectivity index (χ0n) is 7.98. The van der Waals surface area contributed by atoms with Gasteiger partial charge in [0.2, 0.25) is 0 Å². The first-order valence-corrected chi connectivity index (χ1v) is 4.14. The molecule has 0 spiro atoms. The summed E-state index contributed by atoms with van der Waals surface area (Å²) in [6, 6.07) is 0. The number of hydrogen-bond acceptors (Lipinski definition) is 1. The third-order valence-corrected chi connectivity index (χ3v) is 1.69. The number of allylic oxidation sites excluding steroid dienone is 1. The van der Waals surface area contributed by atoms with E-state index >= 15 is 0 Å². The van der Waals surface area contributed by atoms with E-state index in [9.17, 15) is 4.79 Å². The topological polar surface area (TPSA) is 17.1 Å². The summed E-state index contributed by atoms with van der Waals surface area (Å²) in [5, 5.41) is 0. The van der Waals surface area contributed by atoms with Gasteiger partial charge in [-0.25, -0.2) is 0 Å². The predicted octanol–water partition coefficient (Wildman–Crippen LogP) is 2.81. The zero-order chi connectivity index (χ0) is 9.02. The highest BCUT2D eigenvalue weighted by molar-refractivity contribution is 5.95. The average Bonchev–Trinajstić information content (AvgIpc) is 1.84. The first kappa shape index (κ1) is 10.4. The number of hydrogen-bond donors (Lipinski definition) is 0. The van der Waals surface area contributed by atoms with Gasteiger partial charge in [-0.2, -0.15) is 0 Å². The van der Waals surface area contributed by atoms with E-state index in [1.54, 1.807) is 6.92 Å². The summed E-state index contributed by atoms with van der Waals surface area (Å²) in [4.78, 5) is 11.3. The Morgan fingerprint density at radius 3 is 2.09 bits per heavy atom. The van der Waals surface area contributed by atoms with Gasteiger partial charge in [-0.3, -0.25) is 4.79 Å². The first-order valence-electron chi connectivity index (χ1n) is 4.14. The van der Waals surface area contributed by atoms with E-state index in [2.05, 4.69) is 20.4 Å². The van der Waals surface area contributed by atoms with Crippen LogP contribution in [0.3, 0.4) is 0 Å². The lowest BCUT2D eigenvalue weighted by molar-refractivity contribution is -0.119. The lowest BCUT2D eigenvalue weighted by atomic mass is 9.92. The molecule has 0 rings (SSSR count). The van der Waals surface area contributed by atoms with Crippen LogP contribution in [0.15, 0.2) is 12.2 Å². The van der Waals surface area contributed by atoms with Gasteiger partial charge in [0.15, 0.2) is 5.78 Å². The maximum atomic E-state index is 11.3. The Balaban J connectivity index is 3.93. The van der Waals surface area contributed by atoms with Crippen LogP contribution in [0, 0.1) is 11.8 Å². The van der Waals surface area contributed by atoms with E-state index in [-0.39, 0.29) is 11.7 Å². The Hall–Kier alpha value is -0.590. The van der Waals surface area contributed by atoms with E-state index in [1.807, 2.05) is 6.92 Å². The van der Waals surface area contributed by atoms with Crippen LogP contribution >= 0.6 is 0 Å². The van der Waals surface area contributed by atoms with Crippen LogP contribution in [0.2, 0.25) is 0 Å². The lowest BCUT2D eigenvalue weighted by Gasteiger charge is -2.11. The molecule has 0 N–H and O–H groups in total. The smallest absolute Gasteiger partial charge is 0.160 e. The molecule has 0 heterocycles. The molecular formula is C10H18O. The van der Waals surface area contributed by atoms with Crippen molar-refractivity contribution in [3.05, 3.63) is 12.2 Å². The molecule has 0 aliphatic carbocycles. The van der Waals surface area contributed by atoms with Crippen molar-refractivity contribution in [2.75, 3.05) is 0 Å². The van der Waals surface area contributed by atoms with Gasteiger partial charge in [0.05, 0.1) is 0 Å². The maximum absolute atomic E-state index is 11.3. The molecule has 0 aromatic rings. The Morgan fingerprint density at radius 1 is 1.36 bits per heavy atom. The molecule has 0 unspecified atom stereocenters. The highest BCUT2D eigenvalue weighted by Crippen LogP contribution is 2.14. The molecule has 64 valence electrons. The molecular weight excluding hydrogens is 136 g/mol. The molecule has 0 saturated heterocycles. The second kappa shape index (κ2) is 4.32. The number of carbonyl (C=O) groups is 1. The van der Waals surface area contributed by atoms with Crippen molar-refractivity contribution < 1.29 is 4.79 Å². The second-order valence-electron chi connectivity index (χ2n) is 3.68. The van der Waals surface area contributed by atoms with Crippen molar-refractivity contribution in [3.63, 3.8) is 0 Å². The van der Waals surface area contributed by atoms with Crippen LogP contribution < -0.4 is 0 Å². The molecule has 0 aliphatic rings. The van der Waals surface area contributed by atoms with Gasteiger partial charge in [-0.15, -0.1) is 0 Å². The number of carbonyl (C=O) groups excluding carboxylic acids is 1. The van der Waals surface area contributed by atoms with E-state index < -0.39 is 0 Å². The maximum Gasteiger partial charge on any atom is 0.160 e. The Labute approximate surface area is 69.5 Å². The summed E-state index contributed by atoms with van der Waals surface area (Å²) in [6.07, 6.45) is 0.964. The molecule has 0 bridgehead atoms. The quantitative estimate of drug-likeness (QED) is 0.569. The monoisotopic (exact) mass is 154 g/mol. The highest BCUT2D eigenvalue weighted by Gasteiger charge is 2.14. The fourth-order valence-electron chi connectivity index (χ4n) is 1.23. The summed E-state index contributed by atoms with van der Waals surface area (Å²) in [5.41, 5.74) is 0.679. The average molecular weight is 154 g/mol. The van der Waals surface area contributed by atoms with Crippen LogP contribution in [0.5, 0.6) is 0 Å². The summed E-state index contributed by atoms with van der Waals surface area (Å²) < 4.78 is 0. The molecule has 1 nitrogen and oxygen atoms in total. The largest absolute Gasteiger partial charge is 0.294 e. The van der Waals surface area contributed by atoms with Crippen LogP contribution in [0.25, 0.3) is 0 Å². The van der Waals surface area contributed by atoms with Crippen LogP contribution in [-0.4, -0.2) is 5.78 Å². The van der Waals surface area contributed by atoms with Gasteiger partial charge in [0.25, 0.3) is 0 Å². The van der Waals surface area contributed by atoms with Gasteiger partial charge in [-0.05, 0) is 24.8 Å². The first-order chi connectivity index (χ1) is 4.95. The van der Waals surface area contributed by atoms with E-state index in [0.29, 0.717) is 11.5 Å². The normalized spacial score (nSPS) is 13.2. The SMILES string of the molecule is C=C(C)C(=O)[C@@H](C)CC(C)C. The van der Waals surface area contributed by atoms with Gasteiger partial charge in [0.1, 0.15) is 0 Å². The third kappa shape index (κ3) is 3.97. The standard InChI is InChI=1S/C10H18O/c1-7(2)6-9(5)10(11)8(3)4/h7,9H,3,6H2,1-2,4-5H3/t9-/m0/s1. The highest BCUT2D eigenvalue weighted by atomic mass is 16.1. The van der Waals surface area contributed by atoms with Crippen molar-refractivity contribution in [1.82, 2.24) is 0 Å². The van der Waals surface area contributed by atoms with Crippen molar-refractivity contribution in [3.8, 4) is 0 Å². The minimum absolute atomic E-state index is 0.146. The molecule has 1 atom stereocenters. The fourth-order valence-corrected chi connectivity index (χ4v) is 1.23. The molecule has 0 aromatic heterocycles. The molecule has 0 radical (unpaired) electrons. The fraction of sp³-hybridized carbons (Fsp3) is 0.700. The summed E-state index contributed by atoms with van der Waals surface area (Å²) in [7, 11) is 0. The van der Waals surface area contributed by atoms with Gasteiger partial charge >= 0.3 is 0 Å². The second-order valence-corrected chi connectivity index (χ2v) is 3.68. The molecule has 0 aliphatic heterocycles. The van der Waals surface area contributed by atoms with Gasteiger partial charge in [-0.1, -0.05) is 27.4 Å². The predicted molar refractivity (Wildman–Crippen MR) is 48.4 cm³/mol. The van der Waals surface area contributed by atoms with Crippen molar-refractivity contribution >= 4 is 5.78 Å². The molecule has 0 saturated carbocycles. The number of ketones is 1. The summed E-state index contributed by atoms with van der Waals surface area (Å²) in [6.45, 7) is 11.6. The number of Topliss-reactive ketones (excluding diaryl/α,β-unsaturated/α-hetero) is 1. The molecule has 0 aromatic carbocycles. The Bertz CT molecular complexity index is 156.